The Kier molecular flexibility index (Phi) is 5.38. The lowest BCUT2D eigenvalue weighted by atomic mass is 9.79. The summed E-state index contributed by atoms with van der Waals surface area (Å²) in [7, 11) is 0. The molecule has 106 valence electrons. The Hall–Kier alpha value is -0.380. The molecule has 18 heavy (non-hydrogen) atoms. The monoisotopic (exact) mass is 254 g/mol. The van der Waals surface area contributed by atoms with Crippen molar-refractivity contribution in [1.82, 2.24) is 10.6 Å². The second-order valence-electron chi connectivity index (χ2n) is 6.93. The fourth-order valence-corrected chi connectivity index (χ4v) is 3.18. The van der Waals surface area contributed by atoms with Gasteiger partial charge >= 0.3 is 0 Å². The zero-order chi connectivity index (χ0) is 13.8. The summed E-state index contributed by atoms with van der Waals surface area (Å²) in [6.45, 7) is 13.4. The topological polar surface area (TPSA) is 44.3 Å². The first-order valence-corrected chi connectivity index (χ1v) is 7.06. The summed E-state index contributed by atoms with van der Waals surface area (Å²) in [5.74, 6) is 0. The van der Waals surface area contributed by atoms with E-state index in [1.807, 2.05) is 6.08 Å². The van der Waals surface area contributed by atoms with Crippen LogP contribution in [0.15, 0.2) is 12.7 Å². The van der Waals surface area contributed by atoms with Crippen LogP contribution in [0.4, 0.5) is 0 Å². The highest BCUT2D eigenvalue weighted by Crippen LogP contribution is 2.28. The van der Waals surface area contributed by atoms with Gasteiger partial charge in [0.1, 0.15) is 0 Å². The predicted molar refractivity (Wildman–Crippen MR) is 77.8 cm³/mol. The third-order valence-electron chi connectivity index (χ3n) is 3.54. The molecule has 0 amide bonds. The fraction of sp³-hybridized carbons (Fsp3) is 0.867. The molecular formula is C15H30N2O. The Balaban J connectivity index is 2.39. The molecular weight excluding hydrogens is 224 g/mol. The van der Waals surface area contributed by atoms with E-state index in [0.717, 1.165) is 25.7 Å². The number of aliphatic hydroxyl groups is 1. The van der Waals surface area contributed by atoms with Crippen molar-refractivity contribution in [1.29, 1.82) is 0 Å². The van der Waals surface area contributed by atoms with Crippen LogP contribution in [0.3, 0.4) is 0 Å². The molecule has 0 spiro atoms. The van der Waals surface area contributed by atoms with Crippen molar-refractivity contribution in [3.05, 3.63) is 12.7 Å². The maximum absolute atomic E-state index is 9.85. The molecule has 0 aromatic carbocycles. The maximum atomic E-state index is 9.85. The van der Waals surface area contributed by atoms with Crippen molar-refractivity contribution < 1.29 is 5.11 Å². The quantitative estimate of drug-likeness (QED) is 0.637. The third kappa shape index (κ3) is 5.51. The van der Waals surface area contributed by atoms with Gasteiger partial charge in [0.2, 0.25) is 0 Å². The Morgan fingerprint density at radius 3 is 2.39 bits per heavy atom. The molecule has 1 rings (SSSR count). The number of hydrogen-bond donors (Lipinski definition) is 3. The lowest BCUT2D eigenvalue weighted by Crippen LogP contribution is -2.62. The third-order valence-corrected chi connectivity index (χ3v) is 3.54. The van der Waals surface area contributed by atoms with Gasteiger partial charge in [0.05, 0.1) is 6.10 Å². The standard InChI is InChI=1S/C15H30N2O/c1-6-7-8-13(18)11-16-12-9-14(2,3)17-15(4,5)10-12/h6,12-13,16-18H,1,7-11H2,2-5H3. The van der Waals surface area contributed by atoms with Gasteiger partial charge in [0.25, 0.3) is 0 Å². The van der Waals surface area contributed by atoms with Gasteiger partial charge in [-0.25, -0.2) is 0 Å². The summed E-state index contributed by atoms with van der Waals surface area (Å²) in [4.78, 5) is 0. The zero-order valence-electron chi connectivity index (χ0n) is 12.4. The van der Waals surface area contributed by atoms with Crippen LogP contribution in [0.1, 0.15) is 53.4 Å². The number of allylic oxidation sites excluding steroid dienone is 1. The lowest BCUT2D eigenvalue weighted by molar-refractivity contribution is 0.120. The average molecular weight is 254 g/mol. The van der Waals surface area contributed by atoms with Gasteiger partial charge in [0.15, 0.2) is 0 Å². The molecule has 0 saturated carbocycles. The van der Waals surface area contributed by atoms with Gasteiger partial charge in [-0.05, 0) is 53.4 Å². The zero-order valence-corrected chi connectivity index (χ0v) is 12.4. The van der Waals surface area contributed by atoms with Crippen LogP contribution in [-0.4, -0.2) is 34.9 Å². The summed E-state index contributed by atoms with van der Waals surface area (Å²) in [6.07, 6.45) is 5.49. The molecule has 1 heterocycles. The van der Waals surface area contributed by atoms with Gasteiger partial charge in [-0.1, -0.05) is 6.08 Å². The van der Waals surface area contributed by atoms with E-state index in [-0.39, 0.29) is 17.2 Å². The first-order valence-electron chi connectivity index (χ1n) is 7.06. The molecule has 1 atom stereocenters. The molecule has 0 aromatic heterocycles. The summed E-state index contributed by atoms with van der Waals surface area (Å²) < 4.78 is 0. The molecule has 0 bridgehead atoms. The van der Waals surface area contributed by atoms with Crippen LogP contribution >= 0.6 is 0 Å². The summed E-state index contributed by atoms with van der Waals surface area (Å²) >= 11 is 0. The average Bonchev–Trinajstić information content (AvgIpc) is 2.19. The minimum absolute atomic E-state index is 0.158. The molecule has 1 fully saturated rings. The second kappa shape index (κ2) is 6.18. The van der Waals surface area contributed by atoms with Crippen molar-refractivity contribution in [2.45, 2.75) is 76.6 Å². The first-order chi connectivity index (χ1) is 8.24. The summed E-state index contributed by atoms with van der Waals surface area (Å²) in [5.41, 5.74) is 0.316. The van der Waals surface area contributed by atoms with Gasteiger partial charge < -0.3 is 15.7 Å². The van der Waals surface area contributed by atoms with E-state index in [9.17, 15) is 5.11 Å². The van der Waals surface area contributed by atoms with Crippen LogP contribution in [0, 0.1) is 0 Å². The predicted octanol–water partition coefficient (Wildman–Crippen LogP) is 2.21. The van der Waals surface area contributed by atoms with Crippen molar-refractivity contribution in [2.75, 3.05) is 6.54 Å². The van der Waals surface area contributed by atoms with Gasteiger partial charge in [0, 0.05) is 23.7 Å². The van der Waals surface area contributed by atoms with Crippen molar-refractivity contribution >= 4 is 0 Å². The molecule has 1 aliphatic rings. The minimum atomic E-state index is -0.260. The van der Waals surface area contributed by atoms with E-state index >= 15 is 0 Å². The number of piperidine rings is 1. The van der Waals surface area contributed by atoms with E-state index in [2.05, 4.69) is 44.9 Å². The normalized spacial score (nSPS) is 24.7. The minimum Gasteiger partial charge on any atom is -0.392 e. The highest BCUT2D eigenvalue weighted by molar-refractivity contribution is 4.99. The molecule has 0 aromatic rings. The lowest BCUT2D eigenvalue weighted by Gasteiger charge is -2.47. The second-order valence-corrected chi connectivity index (χ2v) is 6.93. The van der Waals surface area contributed by atoms with Gasteiger partial charge in [-0.15, -0.1) is 6.58 Å². The van der Waals surface area contributed by atoms with Crippen LogP contribution in [0.2, 0.25) is 0 Å². The molecule has 1 saturated heterocycles. The molecule has 0 radical (unpaired) electrons. The van der Waals surface area contributed by atoms with Crippen LogP contribution < -0.4 is 10.6 Å². The smallest absolute Gasteiger partial charge is 0.0667 e. The first kappa shape index (κ1) is 15.7. The Morgan fingerprint density at radius 2 is 1.89 bits per heavy atom. The van der Waals surface area contributed by atoms with E-state index in [1.165, 1.54) is 0 Å². The van der Waals surface area contributed by atoms with Crippen LogP contribution in [0.25, 0.3) is 0 Å². The number of nitrogens with one attached hydrogen (secondary N) is 2. The van der Waals surface area contributed by atoms with Gasteiger partial charge in [-0.2, -0.15) is 0 Å². The largest absolute Gasteiger partial charge is 0.392 e. The van der Waals surface area contributed by atoms with Crippen LogP contribution in [-0.2, 0) is 0 Å². The summed E-state index contributed by atoms with van der Waals surface area (Å²) in [5, 5.41) is 17.0. The van der Waals surface area contributed by atoms with Gasteiger partial charge in [-0.3, -0.25) is 0 Å². The van der Waals surface area contributed by atoms with Crippen molar-refractivity contribution in [3.8, 4) is 0 Å². The molecule has 3 N–H and O–H groups in total. The Morgan fingerprint density at radius 1 is 1.33 bits per heavy atom. The highest BCUT2D eigenvalue weighted by Gasteiger charge is 2.37. The van der Waals surface area contributed by atoms with E-state index in [1.54, 1.807) is 0 Å². The maximum Gasteiger partial charge on any atom is 0.0667 e. The van der Waals surface area contributed by atoms with Crippen molar-refractivity contribution in [2.24, 2.45) is 0 Å². The number of hydrogen-bond acceptors (Lipinski definition) is 3. The summed E-state index contributed by atoms with van der Waals surface area (Å²) in [6, 6.07) is 0.481. The van der Waals surface area contributed by atoms with Crippen molar-refractivity contribution in [3.63, 3.8) is 0 Å². The molecule has 1 aliphatic heterocycles. The van der Waals surface area contributed by atoms with E-state index in [0.29, 0.717) is 12.6 Å². The number of rotatable bonds is 6. The van der Waals surface area contributed by atoms with E-state index < -0.39 is 0 Å². The highest BCUT2D eigenvalue weighted by atomic mass is 16.3. The molecule has 1 unspecified atom stereocenters. The molecule has 3 heteroatoms. The molecule has 3 nitrogen and oxygen atoms in total. The fourth-order valence-electron chi connectivity index (χ4n) is 3.18. The Bertz CT molecular complexity index is 258. The number of aliphatic hydroxyl groups excluding tert-OH is 1. The SMILES string of the molecule is C=CCCC(O)CNC1CC(C)(C)NC(C)(C)C1. The Labute approximate surface area is 112 Å². The van der Waals surface area contributed by atoms with E-state index in [4.69, 9.17) is 0 Å². The molecule has 0 aliphatic carbocycles. The van der Waals surface area contributed by atoms with Crippen LogP contribution in [0.5, 0.6) is 0 Å².